The number of para-hydroxylation sites is 2. The minimum absolute atomic E-state index is 1.08. The zero-order chi connectivity index (χ0) is 24.2. The number of benzene rings is 4. The highest BCUT2D eigenvalue weighted by Crippen LogP contribution is 2.43. The second-order valence-corrected chi connectivity index (χ2v) is 8.85. The van der Waals surface area contributed by atoms with Crippen molar-refractivity contribution in [2.75, 3.05) is 10.6 Å². The third-order valence-corrected chi connectivity index (χ3v) is 6.42. The summed E-state index contributed by atoms with van der Waals surface area (Å²) in [5, 5.41) is 6.94. The second-order valence-electron chi connectivity index (χ2n) is 8.85. The van der Waals surface area contributed by atoms with Gasteiger partial charge < -0.3 is 10.6 Å². The largest absolute Gasteiger partial charge is 0.356 e. The van der Waals surface area contributed by atoms with Crippen molar-refractivity contribution < 1.29 is 0 Å². The van der Waals surface area contributed by atoms with Crippen LogP contribution in [0.15, 0.2) is 146 Å². The van der Waals surface area contributed by atoms with Crippen LogP contribution in [0.4, 0.5) is 22.7 Å². The summed E-state index contributed by atoms with van der Waals surface area (Å²) >= 11 is 0. The van der Waals surface area contributed by atoms with Crippen LogP contribution in [0.1, 0.15) is 0 Å². The van der Waals surface area contributed by atoms with Crippen molar-refractivity contribution in [3.63, 3.8) is 0 Å². The van der Waals surface area contributed by atoms with Gasteiger partial charge in [0.05, 0.1) is 0 Å². The fourth-order valence-corrected chi connectivity index (χ4v) is 4.64. The molecule has 0 aliphatic heterocycles. The number of anilines is 4. The smallest absolute Gasteiger partial charge is 0.0384 e. The molecule has 36 heavy (non-hydrogen) atoms. The predicted octanol–water partition coefficient (Wildman–Crippen LogP) is 9.61. The van der Waals surface area contributed by atoms with Crippen LogP contribution in [-0.2, 0) is 0 Å². The van der Waals surface area contributed by atoms with Gasteiger partial charge in [0.15, 0.2) is 0 Å². The average molecular weight is 463 g/mol. The highest BCUT2D eigenvalue weighted by atomic mass is 14.9. The lowest BCUT2D eigenvalue weighted by Crippen LogP contribution is -1.89. The zero-order valence-electron chi connectivity index (χ0n) is 19.9. The molecule has 0 saturated heterocycles. The molecule has 4 aromatic rings. The van der Waals surface area contributed by atoms with Gasteiger partial charge in [-0.1, -0.05) is 91.0 Å². The lowest BCUT2D eigenvalue weighted by atomic mass is 10.0. The van der Waals surface area contributed by atoms with Crippen LogP contribution >= 0.6 is 0 Å². The topological polar surface area (TPSA) is 24.1 Å². The Balaban J connectivity index is 1.32. The molecule has 2 heteroatoms. The summed E-state index contributed by atoms with van der Waals surface area (Å²) in [7, 11) is 0. The number of hydrogen-bond donors (Lipinski definition) is 2. The number of nitrogens with one attached hydrogen (secondary N) is 2. The first kappa shape index (κ1) is 21.7. The summed E-state index contributed by atoms with van der Waals surface area (Å²) in [6.45, 7) is 0. The van der Waals surface area contributed by atoms with Gasteiger partial charge in [-0.05, 0) is 88.0 Å². The number of hydrogen-bond acceptors (Lipinski definition) is 2. The van der Waals surface area contributed by atoms with E-state index in [4.69, 9.17) is 0 Å². The van der Waals surface area contributed by atoms with E-state index in [0.29, 0.717) is 0 Å². The molecule has 4 aromatic carbocycles. The minimum atomic E-state index is 1.08. The highest BCUT2D eigenvalue weighted by Gasteiger charge is 2.17. The first-order valence-electron chi connectivity index (χ1n) is 12.2. The fraction of sp³-hybridized carbons (Fsp3) is 0. The van der Waals surface area contributed by atoms with Crippen molar-refractivity contribution in [3.8, 4) is 33.4 Å². The molecule has 172 valence electrons. The Morgan fingerprint density at radius 3 is 1.00 bits per heavy atom. The Hall–Kier alpha value is -4.82. The predicted molar refractivity (Wildman–Crippen MR) is 153 cm³/mol. The van der Waals surface area contributed by atoms with Crippen LogP contribution in [0.2, 0.25) is 0 Å². The molecule has 0 radical (unpaired) electrons. The summed E-state index contributed by atoms with van der Waals surface area (Å²) in [6.07, 6.45) is 0. The van der Waals surface area contributed by atoms with Gasteiger partial charge in [0.25, 0.3) is 0 Å². The molecule has 0 unspecified atom stereocenters. The van der Waals surface area contributed by atoms with Gasteiger partial charge >= 0.3 is 0 Å². The molecule has 2 nitrogen and oxygen atoms in total. The van der Waals surface area contributed by atoms with E-state index in [1.54, 1.807) is 0 Å². The van der Waals surface area contributed by atoms with Crippen molar-refractivity contribution in [2.24, 2.45) is 0 Å². The molecule has 2 aliphatic carbocycles. The highest BCUT2D eigenvalue weighted by molar-refractivity contribution is 5.98. The van der Waals surface area contributed by atoms with Crippen molar-refractivity contribution in [1.82, 2.24) is 0 Å². The molecule has 0 spiro atoms. The maximum absolute atomic E-state index is 3.47. The van der Waals surface area contributed by atoms with Gasteiger partial charge in [0.2, 0.25) is 0 Å². The van der Waals surface area contributed by atoms with Crippen LogP contribution < -0.4 is 10.6 Å². The van der Waals surface area contributed by atoms with Crippen LogP contribution in [-0.4, -0.2) is 0 Å². The SMILES string of the molecule is c1ccc(Nc2ccc(-c3cc(-c4ccc(Nc5ccccc5)cc4)c4cccccc3-4)cc2)cc1. The molecule has 6 rings (SSSR count). The van der Waals surface area contributed by atoms with E-state index < -0.39 is 0 Å². The summed E-state index contributed by atoms with van der Waals surface area (Å²) in [6, 6.07) is 51.0. The van der Waals surface area contributed by atoms with Crippen LogP contribution in [0.5, 0.6) is 0 Å². The van der Waals surface area contributed by atoms with E-state index in [0.717, 1.165) is 22.7 Å². The fourth-order valence-electron chi connectivity index (χ4n) is 4.64. The van der Waals surface area contributed by atoms with Crippen LogP contribution in [0, 0.1) is 0 Å². The monoisotopic (exact) mass is 462 g/mol. The maximum Gasteiger partial charge on any atom is 0.0384 e. The van der Waals surface area contributed by atoms with E-state index in [-0.39, 0.29) is 0 Å². The molecule has 0 fully saturated rings. The maximum atomic E-state index is 3.47. The van der Waals surface area contributed by atoms with E-state index >= 15 is 0 Å². The van der Waals surface area contributed by atoms with E-state index in [1.807, 2.05) is 36.4 Å². The second kappa shape index (κ2) is 9.81. The van der Waals surface area contributed by atoms with Crippen LogP contribution in [0.3, 0.4) is 0 Å². The van der Waals surface area contributed by atoms with Crippen molar-refractivity contribution in [2.45, 2.75) is 0 Å². The first-order chi connectivity index (χ1) is 17.8. The number of fused-ring (bicyclic) bond motifs is 1. The average Bonchev–Trinajstić information content (AvgIpc) is 3.11. The van der Waals surface area contributed by atoms with Crippen LogP contribution in [0.25, 0.3) is 33.4 Å². The Kier molecular flexibility index (Phi) is 5.91. The summed E-state index contributed by atoms with van der Waals surface area (Å²) in [5.41, 5.74) is 11.7. The quantitative estimate of drug-likeness (QED) is 0.257. The lowest BCUT2D eigenvalue weighted by Gasteiger charge is -2.08. The number of rotatable bonds is 6. The zero-order valence-corrected chi connectivity index (χ0v) is 19.9. The summed E-state index contributed by atoms with van der Waals surface area (Å²) in [4.78, 5) is 0. The normalized spacial score (nSPS) is 10.8. The molecule has 0 amide bonds. The van der Waals surface area contributed by atoms with E-state index in [1.165, 1.54) is 33.4 Å². The van der Waals surface area contributed by atoms with E-state index in [9.17, 15) is 0 Å². The Morgan fingerprint density at radius 1 is 0.278 bits per heavy atom. The van der Waals surface area contributed by atoms with Gasteiger partial charge in [0.1, 0.15) is 0 Å². The molecule has 2 N–H and O–H groups in total. The minimum Gasteiger partial charge on any atom is -0.356 e. The molecular formula is C34H26N2. The lowest BCUT2D eigenvalue weighted by molar-refractivity contribution is 1.54. The van der Waals surface area contributed by atoms with Gasteiger partial charge in [-0.2, -0.15) is 0 Å². The standard InChI is InChI=1S/C34H26N2/c1-4-10-27(11-5-1)35-29-20-16-25(17-21-29)33-24-34(32-15-9-3-8-14-31(32)33)26-18-22-30(23-19-26)36-28-12-6-2-7-13-28/h1-24,35-36H. The van der Waals surface area contributed by atoms with Gasteiger partial charge in [-0.3, -0.25) is 0 Å². The Bertz CT molecular complexity index is 1420. The summed E-state index contributed by atoms with van der Waals surface area (Å²) < 4.78 is 0. The molecular weight excluding hydrogens is 436 g/mol. The molecule has 0 saturated carbocycles. The molecule has 2 aliphatic rings. The molecule has 0 atom stereocenters. The van der Waals surface area contributed by atoms with Gasteiger partial charge in [0, 0.05) is 22.7 Å². The molecule has 0 aromatic heterocycles. The van der Waals surface area contributed by atoms with Crippen molar-refractivity contribution in [3.05, 3.63) is 146 Å². The van der Waals surface area contributed by atoms with Crippen molar-refractivity contribution >= 4 is 22.7 Å². The van der Waals surface area contributed by atoms with E-state index in [2.05, 4.69) is 120 Å². The Morgan fingerprint density at radius 2 is 0.611 bits per heavy atom. The molecule has 0 heterocycles. The Labute approximate surface area is 212 Å². The molecule has 0 bridgehead atoms. The first-order valence-corrected chi connectivity index (χ1v) is 12.2. The third kappa shape index (κ3) is 4.57. The third-order valence-electron chi connectivity index (χ3n) is 6.42. The van der Waals surface area contributed by atoms with Gasteiger partial charge in [-0.25, -0.2) is 0 Å². The summed E-state index contributed by atoms with van der Waals surface area (Å²) in [5.74, 6) is 0. The van der Waals surface area contributed by atoms with Gasteiger partial charge in [-0.15, -0.1) is 0 Å². The van der Waals surface area contributed by atoms with Crippen molar-refractivity contribution in [1.29, 1.82) is 0 Å².